The van der Waals surface area contributed by atoms with Crippen LogP contribution in [-0.2, 0) is 15.7 Å². The van der Waals surface area contributed by atoms with Crippen LogP contribution < -0.4 is 5.32 Å². The molecule has 0 saturated heterocycles. The zero-order chi connectivity index (χ0) is 14.5. The minimum absolute atomic E-state index is 0.0436. The van der Waals surface area contributed by atoms with Gasteiger partial charge in [-0.25, -0.2) is 0 Å². The molecule has 4 nitrogen and oxygen atoms in total. The third-order valence-electron chi connectivity index (χ3n) is 2.43. The summed E-state index contributed by atoms with van der Waals surface area (Å²) < 4.78 is 47.8. The summed E-state index contributed by atoms with van der Waals surface area (Å²) in [5.74, 6) is -0.827. The summed E-state index contributed by atoms with van der Waals surface area (Å²) in [6, 6.07) is 4.58. The summed E-state index contributed by atoms with van der Waals surface area (Å²) in [4.78, 5) is 11.7. The summed E-state index contributed by atoms with van der Waals surface area (Å²) in [5.41, 5.74) is -1.40. The van der Waals surface area contributed by atoms with E-state index in [0.717, 1.165) is 12.1 Å². The van der Waals surface area contributed by atoms with Gasteiger partial charge in [0.25, 0.3) is 5.91 Å². The molecule has 0 spiro atoms. The van der Waals surface area contributed by atoms with E-state index in [1.54, 1.807) is 0 Å². The molecule has 0 aliphatic heterocycles. The minimum Gasteiger partial charge on any atom is -0.354 e. The van der Waals surface area contributed by atoms with E-state index in [-0.39, 0.29) is 6.54 Å². The molecule has 0 atom stereocenters. The number of ether oxygens (including phenoxy) is 2. The van der Waals surface area contributed by atoms with Crippen LogP contribution >= 0.6 is 0 Å². The maximum atomic E-state index is 12.7. The van der Waals surface area contributed by atoms with Gasteiger partial charge in [-0.3, -0.25) is 4.79 Å². The van der Waals surface area contributed by atoms with Crippen LogP contribution in [0.2, 0.25) is 0 Å². The highest BCUT2D eigenvalue weighted by Crippen LogP contribution is 2.31. The van der Waals surface area contributed by atoms with Gasteiger partial charge in [0, 0.05) is 14.2 Å². The molecule has 1 amide bonds. The molecule has 0 unspecified atom stereocenters. The lowest BCUT2D eigenvalue weighted by atomic mass is 10.1. The number of methoxy groups -OCH3 is 2. The van der Waals surface area contributed by atoms with Crippen molar-refractivity contribution in [1.29, 1.82) is 0 Å². The number of halogens is 3. The van der Waals surface area contributed by atoms with Crippen molar-refractivity contribution in [2.75, 3.05) is 20.8 Å². The molecule has 1 rings (SSSR count). The van der Waals surface area contributed by atoms with Crippen LogP contribution in [0.5, 0.6) is 0 Å². The highest BCUT2D eigenvalue weighted by atomic mass is 19.4. The monoisotopic (exact) mass is 277 g/mol. The standard InChI is InChI=1S/C12H14F3NO3/c1-18-10(19-2)7-16-11(17)8-5-3-4-6-9(8)12(13,14)15/h3-6,10H,7H2,1-2H3,(H,16,17). The van der Waals surface area contributed by atoms with Crippen molar-refractivity contribution >= 4 is 5.91 Å². The van der Waals surface area contributed by atoms with E-state index in [1.807, 2.05) is 0 Å². The summed E-state index contributed by atoms with van der Waals surface area (Å²) in [5, 5.41) is 2.32. The van der Waals surface area contributed by atoms with Gasteiger partial charge in [-0.05, 0) is 12.1 Å². The lowest BCUT2D eigenvalue weighted by Crippen LogP contribution is -2.35. The largest absolute Gasteiger partial charge is 0.417 e. The van der Waals surface area contributed by atoms with Gasteiger partial charge in [-0.15, -0.1) is 0 Å². The average Bonchev–Trinajstić information content (AvgIpc) is 2.38. The molecule has 19 heavy (non-hydrogen) atoms. The van der Waals surface area contributed by atoms with Gasteiger partial charge in [0.2, 0.25) is 0 Å². The third kappa shape index (κ3) is 4.22. The molecular formula is C12H14F3NO3. The van der Waals surface area contributed by atoms with E-state index in [0.29, 0.717) is 0 Å². The number of rotatable bonds is 5. The van der Waals surface area contributed by atoms with Crippen LogP contribution in [0.25, 0.3) is 0 Å². The molecule has 106 valence electrons. The second-order valence-corrected chi connectivity index (χ2v) is 3.65. The van der Waals surface area contributed by atoms with Crippen molar-refractivity contribution in [1.82, 2.24) is 5.32 Å². The molecule has 1 aromatic carbocycles. The van der Waals surface area contributed by atoms with Crippen molar-refractivity contribution in [3.63, 3.8) is 0 Å². The van der Waals surface area contributed by atoms with Gasteiger partial charge in [0.1, 0.15) is 0 Å². The molecule has 1 N–H and O–H groups in total. The van der Waals surface area contributed by atoms with Gasteiger partial charge in [0.15, 0.2) is 6.29 Å². The first kappa shape index (κ1) is 15.5. The lowest BCUT2D eigenvalue weighted by molar-refractivity contribution is -0.137. The topological polar surface area (TPSA) is 47.6 Å². The first-order valence-corrected chi connectivity index (χ1v) is 5.40. The molecule has 0 aliphatic carbocycles. The number of benzene rings is 1. The predicted molar refractivity (Wildman–Crippen MR) is 61.6 cm³/mol. The number of hydrogen-bond acceptors (Lipinski definition) is 3. The number of amides is 1. The minimum atomic E-state index is -4.57. The van der Waals surface area contributed by atoms with E-state index in [1.165, 1.54) is 26.4 Å². The number of nitrogens with one attached hydrogen (secondary N) is 1. The molecule has 0 aliphatic rings. The average molecular weight is 277 g/mol. The maximum Gasteiger partial charge on any atom is 0.417 e. The molecule has 0 bridgehead atoms. The normalized spacial score (nSPS) is 11.7. The zero-order valence-corrected chi connectivity index (χ0v) is 10.5. The second kappa shape index (κ2) is 6.53. The predicted octanol–water partition coefficient (Wildman–Crippen LogP) is 2.05. The summed E-state index contributed by atoms with van der Waals surface area (Å²) >= 11 is 0. The Morgan fingerprint density at radius 2 is 1.84 bits per heavy atom. The Morgan fingerprint density at radius 3 is 2.37 bits per heavy atom. The van der Waals surface area contributed by atoms with E-state index in [4.69, 9.17) is 9.47 Å². The second-order valence-electron chi connectivity index (χ2n) is 3.65. The van der Waals surface area contributed by atoms with Crippen molar-refractivity contribution in [3.05, 3.63) is 35.4 Å². The fourth-order valence-corrected chi connectivity index (χ4v) is 1.46. The molecule has 0 fully saturated rings. The van der Waals surface area contributed by atoms with E-state index >= 15 is 0 Å². The number of hydrogen-bond donors (Lipinski definition) is 1. The molecule has 7 heteroatoms. The number of carbonyl (C=O) groups is 1. The van der Waals surface area contributed by atoms with Crippen molar-refractivity contribution in [2.45, 2.75) is 12.5 Å². The van der Waals surface area contributed by atoms with Gasteiger partial charge in [-0.2, -0.15) is 13.2 Å². The van der Waals surface area contributed by atoms with Crippen LogP contribution in [0.1, 0.15) is 15.9 Å². The SMILES string of the molecule is COC(CNC(=O)c1ccccc1C(F)(F)F)OC. The first-order valence-electron chi connectivity index (χ1n) is 5.40. The van der Waals surface area contributed by atoms with Crippen LogP contribution in [0.15, 0.2) is 24.3 Å². The zero-order valence-electron chi connectivity index (χ0n) is 10.5. The third-order valence-corrected chi connectivity index (χ3v) is 2.43. The van der Waals surface area contributed by atoms with Crippen molar-refractivity contribution < 1.29 is 27.4 Å². The van der Waals surface area contributed by atoms with E-state index < -0.39 is 29.5 Å². The van der Waals surface area contributed by atoms with Gasteiger partial charge in [-0.1, -0.05) is 12.1 Å². The lowest BCUT2D eigenvalue weighted by Gasteiger charge is -2.16. The number of alkyl halides is 3. The Balaban J connectivity index is 2.83. The Kier molecular flexibility index (Phi) is 5.31. The van der Waals surface area contributed by atoms with Gasteiger partial charge in [0.05, 0.1) is 17.7 Å². The van der Waals surface area contributed by atoms with E-state index in [2.05, 4.69) is 5.32 Å². The quantitative estimate of drug-likeness (QED) is 0.838. The molecular weight excluding hydrogens is 263 g/mol. The molecule has 0 aromatic heterocycles. The molecule has 1 aromatic rings. The molecule has 0 saturated carbocycles. The highest BCUT2D eigenvalue weighted by molar-refractivity contribution is 5.95. The highest BCUT2D eigenvalue weighted by Gasteiger charge is 2.34. The summed E-state index contributed by atoms with van der Waals surface area (Å²) in [6.45, 7) is -0.0436. The van der Waals surface area contributed by atoms with Crippen LogP contribution in [0.3, 0.4) is 0 Å². The van der Waals surface area contributed by atoms with Crippen molar-refractivity contribution in [3.8, 4) is 0 Å². The van der Waals surface area contributed by atoms with Crippen molar-refractivity contribution in [2.24, 2.45) is 0 Å². The smallest absolute Gasteiger partial charge is 0.354 e. The summed E-state index contributed by atoms with van der Waals surface area (Å²) in [6.07, 6.45) is -5.28. The molecule has 0 radical (unpaired) electrons. The number of carbonyl (C=O) groups excluding carboxylic acids is 1. The maximum absolute atomic E-state index is 12.7. The Hall–Kier alpha value is -1.60. The fourth-order valence-electron chi connectivity index (χ4n) is 1.46. The van der Waals surface area contributed by atoms with Crippen LogP contribution in [0.4, 0.5) is 13.2 Å². The Labute approximate surface area is 108 Å². The summed E-state index contributed by atoms with van der Waals surface area (Å²) in [7, 11) is 2.73. The molecule has 0 heterocycles. The van der Waals surface area contributed by atoms with Crippen LogP contribution in [0, 0.1) is 0 Å². The van der Waals surface area contributed by atoms with Gasteiger partial charge < -0.3 is 14.8 Å². The van der Waals surface area contributed by atoms with Gasteiger partial charge >= 0.3 is 6.18 Å². The Bertz CT molecular complexity index is 430. The fraction of sp³-hybridized carbons (Fsp3) is 0.417. The first-order chi connectivity index (χ1) is 8.90. The Morgan fingerprint density at radius 1 is 1.26 bits per heavy atom. The van der Waals surface area contributed by atoms with E-state index in [9.17, 15) is 18.0 Å². The van der Waals surface area contributed by atoms with Crippen LogP contribution in [-0.4, -0.2) is 33.0 Å².